The van der Waals surface area contributed by atoms with Crippen LogP contribution in [0.15, 0.2) is 16.9 Å². The number of imidazole rings is 1. The predicted octanol–water partition coefficient (Wildman–Crippen LogP) is 2.00. The van der Waals surface area contributed by atoms with Gasteiger partial charge in [0.25, 0.3) is 0 Å². The summed E-state index contributed by atoms with van der Waals surface area (Å²) in [6.07, 6.45) is 3.45. The lowest BCUT2D eigenvalue weighted by Gasteiger charge is -1.97. The number of Topliss-reactive ketones (excluding diaryl/α,β-unsaturated/α-hetero) is 1. The lowest BCUT2D eigenvalue weighted by atomic mass is 10.2. The summed E-state index contributed by atoms with van der Waals surface area (Å²) >= 11 is 3.30. The Morgan fingerprint density at radius 1 is 1.57 bits per heavy atom. The lowest BCUT2D eigenvalue weighted by Crippen LogP contribution is -2.00. The molecule has 0 aliphatic heterocycles. The molecular weight excluding hydrogens is 246 g/mol. The standard InChI is InChI=1S/C9H8BrN3O/c1-5-8(6(2)14)13-4-7(10)3-11-9(13)12-5/h3-4H,1-2H3. The van der Waals surface area contributed by atoms with E-state index in [1.165, 1.54) is 6.92 Å². The van der Waals surface area contributed by atoms with Crippen LogP contribution in [0.5, 0.6) is 0 Å². The van der Waals surface area contributed by atoms with Gasteiger partial charge in [0.2, 0.25) is 5.78 Å². The molecule has 0 saturated heterocycles. The second-order valence-corrected chi connectivity index (χ2v) is 3.96. The maximum absolute atomic E-state index is 11.3. The number of carbonyl (C=O) groups excluding carboxylic acids is 1. The van der Waals surface area contributed by atoms with Gasteiger partial charge < -0.3 is 0 Å². The van der Waals surface area contributed by atoms with E-state index in [2.05, 4.69) is 25.9 Å². The van der Waals surface area contributed by atoms with Crippen molar-refractivity contribution in [3.05, 3.63) is 28.3 Å². The number of aryl methyl sites for hydroxylation is 1. The summed E-state index contributed by atoms with van der Waals surface area (Å²) in [6.45, 7) is 3.33. The molecule has 2 heterocycles. The largest absolute Gasteiger partial charge is 0.293 e. The van der Waals surface area contributed by atoms with Gasteiger partial charge in [-0.2, -0.15) is 0 Å². The van der Waals surface area contributed by atoms with Crippen molar-refractivity contribution in [1.82, 2.24) is 14.4 Å². The maximum atomic E-state index is 11.3. The second-order valence-electron chi connectivity index (χ2n) is 3.04. The highest BCUT2D eigenvalue weighted by Gasteiger charge is 2.13. The highest BCUT2D eigenvalue weighted by atomic mass is 79.9. The minimum absolute atomic E-state index is 0.00472. The van der Waals surface area contributed by atoms with Gasteiger partial charge in [-0.3, -0.25) is 9.20 Å². The summed E-state index contributed by atoms with van der Waals surface area (Å²) in [5.41, 5.74) is 1.30. The molecule has 14 heavy (non-hydrogen) atoms. The first-order chi connectivity index (χ1) is 6.59. The fraction of sp³-hybridized carbons (Fsp3) is 0.222. The molecule has 0 spiro atoms. The molecule has 2 aromatic rings. The quantitative estimate of drug-likeness (QED) is 0.731. The Kier molecular flexibility index (Phi) is 2.11. The number of ketones is 1. The molecule has 4 nitrogen and oxygen atoms in total. The summed E-state index contributed by atoms with van der Waals surface area (Å²) in [5.74, 6) is 0.547. The Bertz CT molecular complexity index is 518. The van der Waals surface area contributed by atoms with E-state index in [0.29, 0.717) is 17.2 Å². The van der Waals surface area contributed by atoms with E-state index < -0.39 is 0 Å². The minimum Gasteiger partial charge on any atom is -0.293 e. The van der Waals surface area contributed by atoms with Crippen molar-refractivity contribution in [3.8, 4) is 0 Å². The van der Waals surface area contributed by atoms with Crippen LogP contribution in [0.3, 0.4) is 0 Å². The van der Waals surface area contributed by atoms with Gasteiger partial charge in [-0.15, -0.1) is 0 Å². The average molecular weight is 254 g/mol. The third kappa shape index (κ3) is 1.33. The van der Waals surface area contributed by atoms with Gasteiger partial charge >= 0.3 is 0 Å². The van der Waals surface area contributed by atoms with Crippen LogP contribution in [0.1, 0.15) is 23.1 Å². The number of fused-ring (bicyclic) bond motifs is 1. The molecule has 0 aliphatic carbocycles. The summed E-state index contributed by atoms with van der Waals surface area (Å²) < 4.78 is 2.52. The number of hydrogen-bond donors (Lipinski definition) is 0. The van der Waals surface area contributed by atoms with Gasteiger partial charge in [0.1, 0.15) is 5.69 Å². The van der Waals surface area contributed by atoms with Gasteiger partial charge in [0, 0.05) is 19.3 Å². The van der Waals surface area contributed by atoms with Crippen molar-refractivity contribution < 1.29 is 4.79 Å². The zero-order valence-corrected chi connectivity index (χ0v) is 9.37. The van der Waals surface area contributed by atoms with E-state index in [0.717, 1.165) is 4.47 Å². The van der Waals surface area contributed by atoms with Gasteiger partial charge in [0.15, 0.2) is 5.78 Å². The van der Waals surface area contributed by atoms with E-state index in [1.807, 2.05) is 0 Å². The van der Waals surface area contributed by atoms with Crippen LogP contribution in [0.2, 0.25) is 0 Å². The lowest BCUT2D eigenvalue weighted by molar-refractivity contribution is 0.101. The van der Waals surface area contributed by atoms with Crippen molar-refractivity contribution in [2.24, 2.45) is 0 Å². The summed E-state index contributed by atoms with van der Waals surface area (Å²) in [6, 6.07) is 0. The molecule has 72 valence electrons. The average Bonchev–Trinajstić information content (AvgIpc) is 2.40. The predicted molar refractivity (Wildman–Crippen MR) is 55.4 cm³/mol. The first kappa shape index (κ1) is 9.33. The highest BCUT2D eigenvalue weighted by Crippen LogP contribution is 2.14. The molecule has 5 heteroatoms. The van der Waals surface area contributed by atoms with E-state index in [-0.39, 0.29) is 5.78 Å². The SMILES string of the molecule is CC(=O)c1c(C)nc2ncc(Br)cn12. The Morgan fingerprint density at radius 2 is 2.29 bits per heavy atom. The molecule has 0 amide bonds. The van der Waals surface area contributed by atoms with E-state index >= 15 is 0 Å². The molecule has 2 rings (SSSR count). The molecule has 0 saturated carbocycles. The van der Waals surface area contributed by atoms with Crippen molar-refractivity contribution >= 4 is 27.5 Å². The van der Waals surface area contributed by atoms with Crippen LogP contribution in [-0.2, 0) is 0 Å². The van der Waals surface area contributed by atoms with Crippen molar-refractivity contribution in [2.75, 3.05) is 0 Å². The molecule has 0 aromatic carbocycles. The van der Waals surface area contributed by atoms with E-state index in [4.69, 9.17) is 0 Å². The monoisotopic (exact) mass is 253 g/mol. The first-order valence-corrected chi connectivity index (χ1v) is 4.90. The zero-order valence-electron chi connectivity index (χ0n) is 7.78. The molecule has 0 bridgehead atoms. The second kappa shape index (κ2) is 3.16. The van der Waals surface area contributed by atoms with Crippen LogP contribution in [0.4, 0.5) is 0 Å². The van der Waals surface area contributed by atoms with E-state index in [1.54, 1.807) is 23.7 Å². The molecule has 0 radical (unpaired) electrons. The number of hydrogen-bond acceptors (Lipinski definition) is 3. The third-order valence-corrected chi connectivity index (χ3v) is 2.37. The molecule has 0 fully saturated rings. The smallest absolute Gasteiger partial charge is 0.234 e. The van der Waals surface area contributed by atoms with Gasteiger partial charge in [-0.25, -0.2) is 9.97 Å². The molecule has 2 aromatic heterocycles. The Labute approximate surface area is 89.1 Å². The Hall–Kier alpha value is -1.23. The van der Waals surface area contributed by atoms with Gasteiger partial charge in [-0.05, 0) is 22.9 Å². The van der Waals surface area contributed by atoms with Crippen molar-refractivity contribution in [3.63, 3.8) is 0 Å². The molecule has 0 atom stereocenters. The van der Waals surface area contributed by atoms with Gasteiger partial charge in [0.05, 0.1) is 10.2 Å². The Morgan fingerprint density at radius 3 is 2.93 bits per heavy atom. The first-order valence-electron chi connectivity index (χ1n) is 4.10. The maximum Gasteiger partial charge on any atom is 0.234 e. The van der Waals surface area contributed by atoms with Crippen LogP contribution >= 0.6 is 15.9 Å². The topological polar surface area (TPSA) is 47.3 Å². The van der Waals surface area contributed by atoms with Crippen LogP contribution < -0.4 is 0 Å². The molecular formula is C9H8BrN3O. The van der Waals surface area contributed by atoms with Crippen LogP contribution in [0.25, 0.3) is 5.78 Å². The molecule has 0 aliphatic rings. The fourth-order valence-electron chi connectivity index (χ4n) is 1.44. The number of carbonyl (C=O) groups is 1. The third-order valence-electron chi connectivity index (χ3n) is 1.96. The molecule has 0 N–H and O–H groups in total. The number of nitrogens with zero attached hydrogens (tertiary/aromatic N) is 3. The minimum atomic E-state index is -0.00472. The fourth-order valence-corrected chi connectivity index (χ4v) is 1.75. The van der Waals surface area contributed by atoms with Crippen molar-refractivity contribution in [1.29, 1.82) is 0 Å². The van der Waals surface area contributed by atoms with Gasteiger partial charge in [-0.1, -0.05) is 0 Å². The highest BCUT2D eigenvalue weighted by molar-refractivity contribution is 9.10. The normalized spacial score (nSPS) is 10.8. The zero-order chi connectivity index (χ0) is 10.3. The number of halogens is 1. The summed E-state index contributed by atoms with van der Waals surface area (Å²) in [5, 5.41) is 0. The van der Waals surface area contributed by atoms with Crippen LogP contribution in [-0.4, -0.2) is 20.2 Å². The Balaban J connectivity index is 2.86. The van der Waals surface area contributed by atoms with Crippen molar-refractivity contribution in [2.45, 2.75) is 13.8 Å². The van der Waals surface area contributed by atoms with E-state index in [9.17, 15) is 4.79 Å². The summed E-state index contributed by atoms with van der Waals surface area (Å²) in [7, 11) is 0. The molecule has 0 unspecified atom stereocenters. The van der Waals surface area contributed by atoms with Crippen LogP contribution in [0, 0.1) is 6.92 Å². The number of aromatic nitrogens is 3. The number of rotatable bonds is 1. The summed E-state index contributed by atoms with van der Waals surface area (Å²) in [4.78, 5) is 19.6.